The molecule has 0 saturated heterocycles. The van der Waals surface area contributed by atoms with Gasteiger partial charge < -0.3 is 10.2 Å². The second-order valence-electron chi connectivity index (χ2n) is 7.39. The third kappa shape index (κ3) is 4.97. The molecule has 3 aromatic rings. The molecule has 0 aliphatic rings. The predicted octanol–water partition coefficient (Wildman–Crippen LogP) is 2.35. The van der Waals surface area contributed by atoms with E-state index in [4.69, 9.17) is 0 Å². The Morgan fingerprint density at radius 1 is 1.03 bits per heavy atom. The van der Waals surface area contributed by atoms with Gasteiger partial charge in [0.25, 0.3) is 5.91 Å². The van der Waals surface area contributed by atoms with Crippen LogP contribution in [0.25, 0.3) is 5.69 Å². The quantitative estimate of drug-likeness (QED) is 0.608. The molecule has 29 heavy (non-hydrogen) atoms. The zero-order valence-electron chi connectivity index (χ0n) is 17.3. The minimum atomic E-state index is -0.0659. The number of nitrogens with zero attached hydrogens (tertiary/aromatic N) is 2. The fourth-order valence-electron chi connectivity index (χ4n) is 3.38. The highest BCUT2D eigenvalue weighted by Gasteiger charge is 2.18. The first-order chi connectivity index (χ1) is 13.8. The molecule has 150 valence electrons. The van der Waals surface area contributed by atoms with E-state index in [1.807, 2.05) is 49.0 Å². The molecule has 0 spiro atoms. The van der Waals surface area contributed by atoms with Crippen molar-refractivity contribution in [2.45, 2.75) is 27.3 Å². The molecule has 1 aromatic heterocycles. The van der Waals surface area contributed by atoms with Gasteiger partial charge in [0.1, 0.15) is 6.54 Å². The molecule has 3 rings (SSSR count). The van der Waals surface area contributed by atoms with Gasteiger partial charge in [0, 0.05) is 11.3 Å². The zero-order valence-corrected chi connectivity index (χ0v) is 17.3. The summed E-state index contributed by atoms with van der Waals surface area (Å²) >= 11 is 0. The number of amides is 1. The van der Waals surface area contributed by atoms with Gasteiger partial charge in [-0.15, -0.1) is 0 Å². The summed E-state index contributed by atoms with van der Waals surface area (Å²) in [6.45, 7) is 6.64. The van der Waals surface area contributed by atoms with Crippen LogP contribution in [0.1, 0.15) is 34.2 Å². The normalized spacial score (nSPS) is 11.9. The molecule has 0 aliphatic carbocycles. The Hall–Kier alpha value is -3.25. The maximum absolute atomic E-state index is 12.4. The Balaban J connectivity index is 1.63. The number of carbonyl (C=O) groups is 2. The number of hydrogen-bond acceptors (Lipinski definition) is 3. The fraction of sp³-hybridized carbons (Fsp3) is 0.261. The number of ketones is 1. The smallest absolute Gasteiger partial charge is 0.279 e. The molecule has 0 fully saturated rings. The van der Waals surface area contributed by atoms with E-state index in [-0.39, 0.29) is 11.7 Å². The number of rotatable bonds is 7. The Morgan fingerprint density at radius 3 is 2.31 bits per heavy atom. The monoisotopic (exact) mass is 391 g/mol. The number of benzene rings is 2. The van der Waals surface area contributed by atoms with Gasteiger partial charge in [-0.1, -0.05) is 18.2 Å². The number of aromatic nitrogens is 2. The van der Waals surface area contributed by atoms with Crippen molar-refractivity contribution in [3.8, 4) is 5.69 Å². The van der Waals surface area contributed by atoms with Crippen molar-refractivity contribution in [3.05, 3.63) is 77.1 Å². The number of nitrogens with one attached hydrogen (secondary N) is 2. The van der Waals surface area contributed by atoms with Gasteiger partial charge in [0.15, 0.2) is 12.3 Å². The van der Waals surface area contributed by atoms with E-state index in [9.17, 15) is 9.59 Å². The van der Waals surface area contributed by atoms with Crippen molar-refractivity contribution in [2.75, 3.05) is 18.9 Å². The van der Waals surface area contributed by atoms with Crippen molar-refractivity contribution in [2.24, 2.45) is 0 Å². The van der Waals surface area contributed by atoms with E-state index in [0.717, 1.165) is 27.5 Å². The van der Waals surface area contributed by atoms with Gasteiger partial charge in [-0.3, -0.25) is 9.59 Å². The van der Waals surface area contributed by atoms with Crippen LogP contribution in [0, 0.1) is 13.8 Å². The summed E-state index contributed by atoms with van der Waals surface area (Å²) in [5.74, 6) is -0.0577. The molecule has 0 aliphatic heterocycles. The number of likely N-dealkylation sites (N-methyl/N-ethyl adjacent to an activating group) is 1. The lowest BCUT2D eigenvalue weighted by atomic mass is 10.1. The molecular formula is C23H27N4O2+. The largest absolute Gasteiger partial charge is 0.326 e. The Labute approximate surface area is 171 Å². The van der Waals surface area contributed by atoms with Crippen LogP contribution >= 0.6 is 0 Å². The molecule has 1 atom stereocenters. The van der Waals surface area contributed by atoms with E-state index in [2.05, 4.69) is 17.3 Å². The molecule has 1 amide bonds. The number of para-hydroxylation sites is 1. The highest BCUT2D eigenvalue weighted by molar-refractivity contribution is 5.95. The maximum Gasteiger partial charge on any atom is 0.279 e. The standard InChI is InChI=1S/C23H26N4O2/c1-16-22(17(2)27(25-16)21-8-6-5-7-9-21)14-26(4)15-23(29)24-20-12-10-19(11-13-20)18(3)28/h5-13H,14-15H2,1-4H3,(H,24,29)/p+1. The van der Waals surface area contributed by atoms with Crippen LogP contribution in [-0.2, 0) is 11.3 Å². The minimum absolute atomic E-state index is 0.00819. The second-order valence-corrected chi connectivity index (χ2v) is 7.39. The Kier molecular flexibility index (Phi) is 6.24. The molecule has 6 heteroatoms. The van der Waals surface area contributed by atoms with Crippen molar-refractivity contribution < 1.29 is 14.5 Å². The van der Waals surface area contributed by atoms with E-state index in [1.165, 1.54) is 6.92 Å². The van der Waals surface area contributed by atoms with E-state index in [1.54, 1.807) is 24.3 Å². The first kappa shape index (κ1) is 20.5. The van der Waals surface area contributed by atoms with Gasteiger partial charge in [0.2, 0.25) is 0 Å². The summed E-state index contributed by atoms with van der Waals surface area (Å²) in [6.07, 6.45) is 0. The van der Waals surface area contributed by atoms with Crippen LogP contribution in [-0.4, -0.2) is 35.1 Å². The van der Waals surface area contributed by atoms with Gasteiger partial charge in [-0.2, -0.15) is 5.10 Å². The second kappa shape index (κ2) is 8.84. The van der Waals surface area contributed by atoms with Gasteiger partial charge in [-0.05, 0) is 57.2 Å². The number of Topliss-reactive ketones (excluding diaryl/α,β-unsaturated/α-hetero) is 1. The van der Waals surface area contributed by atoms with Crippen molar-refractivity contribution in [1.82, 2.24) is 9.78 Å². The number of hydrogen-bond donors (Lipinski definition) is 2. The molecule has 0 bridgehead atoms. The van der Waals surface area contributed by atoms with Gasteiger partial charge in [0.05, 0.1) is 29.7 Å². The van der Waals surface area contributed by atoms with Gasteiger partial charge in [-0.25, -0.2) is 4.68 Å². The van der Waals surface area contributed by atoms with Crippen LogP contribution in [0.4, 0.5) is 5.69 Å². The number of quaternary nitrogens is 1. The molecule has 2 N–H and O–H groups in total. The summed E-state index contributed by atoms with van der Waals surface area (Å²) in [4.78, 5) is 24.8. The predicted molar refractivity (Wildman–Crippen MR) is 114 cm³/mol. The number of aryl methyl sites for hydroxylation is 1. The maximum atomic E-state index is 12.4. The summed E-state index contributed by atoms with van der Waals surface area (Å²) < 4.78 is 1.95. The molecule has 0 radical (unpaired) electrons. The molecule has 0 saturated carbocycles. The van der Waals surface area contributed by atoms with E-state index in [0.29, 0.717) is 24.3 Å². The highest BCUT2D eigenvalue weighted by Crippen LogP contribution is 2.17. The van der Waals surface area contributed by atoms with Crippen molar-refractivity contribution >= 4 is 17.4 Å². The molecule has 2 aromatic carbocycles. The van der Waals surface area contributed by atoms with Crippen molar-refractivity contribution in [3.63, 3.8) is 0 Å². The summed E-state index contributed by atoms with van der Waals surface area (Å²) in [6, 6.07) is 17.0. The first-order valence-electron chi connectivity index (χ1n) is 9.68. The molecule has 6 nitrogen and oxygen atoms in total. The average molecular weight is 391 g/mol. The molecular weight excluding hydrogens is 364 g/mol. The third-order valence-electron chi connectivity index (χ3n) is 4.96. The first-order valence-corrected chi connectivity index (χ1v) is 9.68. The third-order valence-corrected chi connectivity index (χ3v) is 4.96. The Bertz CT molecular complexity index is 1010. The van der Waals surface area contributed by atoms with Crippen LogP contribution < -0.4 is 10.2 Å². The topological polar surface area (TPSA) is 68.4 Å². The van der Waals surface area contributed by atoms with Crippen LogP contribution in [0.2, 0.25) is 0 Å². The Morgan fingerprint density at radius 2 is 1.69 bits per heavy atom. The zero-order chi connectivity index (χ0) is 21.0. The van der Waals surface area contributed by atoms with Crippen LogP contribution in [0.3, 0.4) is 0 Å². The fourth-order valence-corrected chi connectivity index (χ4v) is 3.38. The highest BCUT2D eigenvalue weighted by atomic mass is 16.2. The number of anilines is 1. The summed E-state index contributed by atoms with van der Waals surface area (Å²) in [5, 5.41) is 7.57. The molecule has 1 unspecified atom stereocenters. The van der Waals surface area contributed by atoms with Crippen molar-refractivity contribution in [1.29, 1.82) is 0 Å². The van der Waals surface area contributed by atoms with E-state index < -0.39 is 0 Å². The van der Waals surface area contributed by atoms with Crippen LogP contribution in [0.5, 0.6) is 0 Å². The molecule has 1 heterocycles. The lowest BCUT2D eigenvalue weighted by Gasteiger charge is -2.14. The van der Waals surface area contributed by atoms with Crippen LogP contribution in [0.15, 0.2) is 54.6 Å². The summed E-state index contributed by atoms with van der Waals surface area (Å²) in [5.41, 5.74) is 5.58. The van der Waals surface area contributed by atoms with E-state index >= 15 is 0 Å². The SMILES string of the molecule is CC(=O)c1ccc(NC(=O)C[NH+](C)Cc2c(C)nn(-c3ccccc3)c2C)cc1. The average Bonchev–Trinajstić information content (AvgIpc) is 2.97. The number of carbonyl (C=O) groups excluding carboxylic acids is 2. The van der Waals surface area contributed by atoms with Gasteiger partial charge >= 0.3 is 0 Å². The summed E-state index contributed by atoms with van der Waals surface area (Å²) in [7, 11) is 2.00. The minimum Gasteiger partial charge on any atom is -0.326 e. The lowest BCUT2D eigenvalue weighted by Crippen LogP contribution is -3.08. The lowest BCUT2D eigenvalue weighted by molar-refractivity contribution is -0.885.